The lowest BCUT2D eigenvalue weighted by Crippen LogP contribution is -2.12. The minimum Gasteiger partial charge on any atom is -0.462 e. The van der Waals surface area contributed by atoms with Crippen LogP contribution in [0.5, 0.6) is 11.5 Å². The van der Waals surface area contributed by atoms with E-state index in [-0.39, 0.29) is 17.0 Å². The Morgan fingerprint density at radius 2 is 1.73 bits per heavy atom. The molecule has 2 heterocycles. The molecule has 5 heteroatoms. The van der Waals surface area contributed by atoms with Gasteiger partial charge in [0.05, 0.1) is 11.1 Å². The summed E-state index contributed by atoms with van der Waals surface area (Å²) in [6, 6.07) is 15.7. The molecule has 3 aromatic rings. The summed E-state index contributed by atoms with van der Waals surface area (Å²) in [4.78, 5) is 25.0. The normalized spacial score (nSPS) is 14.5. The van der Waals surface area contributed by atoms with Gasteiger partial charge in [-0.1, -0.05) is 32.9 Å². The van der Waals surface area contributed by atoms with Gasteiger partial charge in [0.25, 0.3) is 0 Å². The molecule has 1 aliphatic heterocycles. The molecule has 4 rings (SSSR count). The largest absolute Gasteiger partial charge is 0.462 e. The van der Waals surface area contributed by atoms with Crippen molar-refractivity contribution in [3.8, 4) is 11.5 Å². The first-order valence-electron chi connectivity index (χ1n) is 9.68. The van der Waals surface area contributed by atoms with E-state index in [1.54, 1.807) is 42.5 Å². The van der Waals surface area contributed by atoms with Crippen molar-refractivity contribution in [3.63, 3.8) is 0 Å². The predicted octanol–water partition coefficient (Wildman–Crippen LogP) is 5.72. The molecule has 5 nitrogen and oxygen atoms in total. The number of carbonyl (C=O) groups is 2. The van der Waals surface area contributed by atoms with Crippen LogP contribution in [0.3, 0.4) is 0 Å². The second kappa shape index (κ2) is 7.34. The zero-order valence-electron chi connectivity index (χ0n) is 17.3. The molecule has 1 aromatic heterocycles. The fourth-order valence-electron chi connectivity index (χ4n) is 3.16. The van der Waals surface area contributed by atoms with Crippen molar-refractivity contribution < 1.29 is 23.5 Å². The van der Waals surface area contributed by atoms with Gasteiger partial charge in [0, 0.05) is 12.1 Å². The molecule has 1 aliphatic rings. The molecule has 0 saturated carbocycles. The SMILES string of the molecule is Cc1ccc(/C=C2\Oc3cc(OC(=O)c4ccc(C(C)(C)C)cc4)ccc3C2=O)o1. The number of fused-ring (bicyclic) bond motifs is 1. The number of hydrogen-bond donors (Lipinski definition) is 0. The molecule has 152 valence electrons. The molecule has 30 heavy (non-hydrogen) atoms. The fraction of sp³-hybridized carbons (Fsp3) is 0.200. The molecular formula is C25H22O5. The van der Waals surface area contributed by atoms with Gasteiger partial charge in [-0.2, -0.15) is 0 Å². The average molecular weight is 402 g/mol. The first kappa shape index (κ1) is 19.7. The van der Waals surface area contributed by atoms with Crippen molar-refractivity contribution in [1.29, 1.82) is 0 Å². The van der Waals surface area contributed by atoms with Crippen molar-refractivity contribution in [2.24, 2.45) is 0 Å². The number of ketones is 1. The summed E-state index contributed by atoms with van der Waals surface area (Å²) < 4.78 is 16.6. The Morgan fingerprint density at radius 3 is 2.37 bits per heavy atom. The quantitative estimate of drug-likeness (QED) is 0.318. The van der Waals surface area contributed by atoms with E-state index in [4.69, 9.17) is 13.9 Å². The number of esters is 1. The van der Waals surface area contributed by atoms with Crippen LogP contribution >= 0.6 is 0 Å². The molecule has 0 bridgehead atoms. The third kappa shape index (κ3) is 3.92. The van der Waals surface area contributed by atoms with Gasteiger partial charge in [0.2, 0.25) is 5.78 Å². The maximum Gasteiger partial charge on any atom is 0.343 e. The number of carbonyl (C=O) groups excluding carboxylic acids is 2. The number of allylic oxidation sites excluding steroid dienone is 1. The third-order valence-electron chi connectivity index (χ3n) is 4.87. The molecule has 0 amide bonds. The van der Waals surface area contributed by atoms with Crippen LogP contribution in [0.4, 0.5) is 0 Å². The standard InChI is InChI=1S/C25H22O5/c1-15-5-10-18(28-15)14-22-23(26)20-12-11-19(13-21(20)30-22)29-24(27)16-6-8-17(9-7-16)25(2,3)4/h5-14H,1-4H3/b22-14-. The zero-order chi connectivity index (χ0) is 21.5. The highest BCUT2D eigenvalue weighted by Crippen LogP contribution is 2.35. The van der Waals surface area contributed by atoms with Crippen LogP contribution in [0, 0.1) is 6.92 Å². The van der Waals surface area contributed by atoms with E-state index in [1.165, 1.54) is 0 Å². The summed E-state index contributed by atoms with van der Waals surface area (Å²) >= 11 is 0. The molecular weight excluding hydrogens is 380 g/mol. The summed E-state index contributed by atoms with van der Waals surface area (Å²) in [6.07, 6.45) is 1.55. The van der Waals surface area contributed by atoms with Crippen LogP contribution in [-0.4, -0.2) is 11.8 Å². The maximum absolute atomic E-state index is 12.5. The van der Waals surface area contributed by atoms with E-state index >= 15 is 0 Å². The highest BCUT2D eigenvalue weighted by Gasteiger charge is 2.28. The van der Waals surface area contributed by atoms with Gasteiger partial charge in [0.1, 0.15) is 23.0 Å². The summed E-state index contributed by atoms with van der Waals surface area (Å²) in [5.74, 6) is 1.39. The Balaban J connectivity index is 1.51. The topological polar surface area (TPSA) is 65.7 Å². The van der Waals surface area contributed by atoms with Crippen molar-refractivity contribution in [2.75, 3.05) is 0 Å². The summed E-state index contributed by atoms with van der Waals surface area (Å²) in [5.41, 5.74) is 2.01. The number of benzene rings is 2. The summed E-state index contributed by atoms with van der Waals surface area (Å²) in [6.45, 7) is 8.16. The van der Waals surface area contributed by atoms with Gasteiger partial charge in [-0.05, 0) is 54.3 Å². The molecule has 0 unspecified atom stereocenters. The lowest BCUT2D eigenvalue weighted by Gasteiger charge is -2.18. The Hall–Kier alpha value is -3.60. The van der Waals surface area contributed by atoms with Crippen LogP contribution in [-0.2, 0) is 5.41 Å². The molecule has 0 aliphatic carbocycles. The average Bonchev–Trinajstić information content (AvgIpc) is 3.24. The molecule has 0 saturated heterocycles. The van der Waals surface area contributed by atoms with E-state index < -0.39 is 5.97 Å². The Bertz CT molecular complexity index is 1160. The molecule has 0 atom stereocenters. The summed E-state index contributed by atoms with van der Waals surface area (Å²) in [5, 5.41) is 0. The van der Waals surface area contributed by atoms with E-state index in [9.17, 15) is 9.59 Å². The number of aryl methyl sites for hydroxylation is 1. The lowest BCUT2D eigenvalue weighted by atomic mass is 9.87. The number of hydrogen-bond acceptors (Lipinski definition) is 5. The van der Waals surface area contributed by atoms with Crippen LogP contribution in [0.25, 0.3) is 6.08 Å². The predicted molar refractivity (Wildman–Crippen MR) is 113 cm³/mol. The highest BCUT2D eigenvalue weighted by atomic mass is 16.5. The maximum atomic E-state index is 12.5. The Kier molecular flexibility index (Phi) is 4.82. The Morgan fingerprint density at radius 1 is 1.00 bits per heavy atom. The summed E-state index contributed by atoms with van der Waals surface area (Å²) in [7, 11) is 0. The van der Waals surface area contributed by atoms with Gasteiger partial charge in [-0.25, -0.2) is 4.79 Å². The number of furan rings is 1. The van der Waals surface area contributed by atoms with E-state index in [0.29, 0.717) is 28.4 Å². The number of Topliss-reactive ketones (excluding diaryl/α,β-unsaturated/α-hetero) is 1. The van der Waals surface area contributed by atoms with Crippen LogP contribution in [0.15, 0.2) is 64.8 Å². The molecule has 0 radical (unpaired) electrons. The molecule has 0 N–H and O–H groups in total. The van der Waals surface area contributed by atoms with Gasteiger partial charge in [-0.15, -0.1) is 0 Å². The number of rotatable bonds is 3. The lowest BCUT2D eigenvalue weighted by molar-refractivity contribution is 0.0734. The van der Waals surface area contributed by atoms with Gasteiger partial charge in [0.15, 0.2) is 5.76 Å². The van der Waals surface area contributed by atoms with E-state index in [1.807, 2.05) is 25.1 Å². The second-order valence-electron chi connectivity index (χ2n) is 8.26. The molecule has 0 fully saturated rings. The van der Waals surface area contributed by atoms with Crippen LogP contribution < -0.4 is 9.47 Å². The minimum atomic E-state index is -0.471. The third-order valence-corrected chi connectivity index (χ3v) is 4.87. The Labute approximate surface area is 174 Å². The van der Waals surface area contributed by atoms with Gasteiger partial charge < -0.3 is 13.9 Å². The minimum absolute atomic E-state index is 0.00582. The highest BCUT2D eigenvalue weighted by molar-refractivity contribution is 6.14. The van der Waals surface area contributed by atoms with Crippen LogP contribution in [0.1, 0.15) is 58.6 Å². The zero-order valence-corrected chi connectivity index (χ0v) is 17.3. The smallest absolute Gasteiger partial charge is 0.343 e. The molecule has 2 aromatic carbocycles. The van der Waals surface area contributed by atoms with Crippen molar-refractivity contribution >= 4 is 17.8 Å². The van der Waals surface area contributed by atoms with Crippen molar-refractivity contribution in [1.82, 2.24) is 0 Å². The van der Waals surface area contributed by atoms with Crippen LogP contribution in [0.2, 0.25) is 0 Å². The number of ether oxygens (including phenoxy) is 2. The van der Waals surface area contributed by atoms with E-state index in [2.05, 4.69) is 20.8 Å². The first-order chi connectivity index (χ1) is 14.2. The van der Waals surface area contributed by atoms with Crippen molar-refractivity contribution in [2.45, 2.75) is 33.1 Å². The van der Waals surface area contributed by atoms with Crippen molar-refractivity contribution in [3.05, 3.63) is 88.6 Å². The van der Waals surface area contributed by atoms with Gasteiger partial charge in [-0.3, -0.25) is 4.79 Å². The van der Waals surface area contributed by atoms with Gasteiger partial charge >= 0.3 is 5.97 Å². The van der Waals surface area contributed by atoms with E-state index in [0.717, 1.165) is 11.3 Å². The monoisotopic (exact) mass is 402 g/mol. The second-order valence-corrected chi connectivity index (χ2v) is 8.26. The fourth-order valence-corrected chi connectivity index (χ4v) is 3.16. The molecule has 0 spiro atoms. The first-order valence-corrected chi connectivity index (χ1v) is 9.68.